The summed E-state index contributed by atoms with van der Waals surface area (Å²) in [5.41, 5.74) is 1.82. The van der Waals surface area contributed by atoms with Crippen LogP contribution < -0.4 is 10.1 Å². The molecule has 25 heavy (non-hydrogen) atoms. The van der Waals surface area contributed by atoms with Gasteiger partial charge in [-0.3, -0.25) is 4.79 Å². The number of nitrogens with one attached hydrogen (secondary N) is 1. The quantitative estimate of drug-likeness (QED) is 0.865. The highest BCUT2D eigenvalue weighted by Gasteiger charge is 2.20. The van der Waals surface area contributed by atoms with Crippen LogP contribution in [-0.4, -0.2) is 24.5 Å². The third kappa shape index (κ3) is 4.41. The van der Waals surface area contributed by atoms with Crippen molar-refractivity contribution >= 4 is 5.91 Å². The monoisotopic (exact) mass is 342 g/mol. The van der Waals surface area contributed by atoms with E-state index < -0.39 is 0 Å². The molecule has 1 aromatic heterocycles. The van der Waals surface area contributed by atoms with E-state index in [1.807, 2.05) is 31.2 Å². The van der Waals surface area contributed by atoms with Gasteiger partial charge in [0.2, 0.25) is 11.8 Å². The highest BCUT2D eigenvalue weighted by Crippen LogP contribution is 2.25. The Hall–Kier alpha value is -2.30. The first-order chi connectivity index (χ1) is 12.2. The maximum Gasteiger partial charge on any atom is 0.226 e. The van der Waals surface area contributed by atoms with Gasteiger partial charge in [0, 0.05) is 24.4 Å². The van der Waals surface area contributed by atoms with Gasteiger partial charge in [-0.1, -0.05) is 19.3 Å². The fourth-order valence-electron chi connectivity index (χ4n) is 3.33. The van der Waals surface area contributed by atoms with Crippen molar-refractivity contribution in [3.05, 3.63) is 35.7 Å². The molecule has 5 heteroatoms. The van der Waals surface area contributed by atoms with Crippen LogP contribution in [0.25, 0.3) is 11.5 Å². The van der Waals surface area contributed by atoms with Crippen molar-refractivity contribution in [2.24, 2.45) is 5.92 Å². The van der Waals surface area contributed by atoms with Gasteiger partial charge in [0.1, 0.15) is 11.5 Å². The Kier molecular flexibility index (Phi) is 5.74. The standard InChI is InChI=1S/C20H26N2O3/c1-14-18(12-13-21-19(23)15-6-4-3-5-7-15)22-20(25-14)16-8-10-17(24-2)11-9-16/h8-11,15H,3-7,12-13H2,1-2H3,(H,21,23). The van der Waals surface area contributed by atoms with Crippen molar-refractivity contribution in [3.63, 3.8) is 0 Å². The van der Waals surface area contributed by atoms with E-state index in [9.17, 15) is 4.79 Å². The zero-order chi connectivity index (χ0) is 17.6. The Labute approximate surface area is 148 Å². The minimum atomic E-state index is 0.191. The van der Waals surface area contributed by atoms with Crippen LogP contribution in [-0.2, 0) is 11.2 Å². The number of hydrogen-bond donors (Lipinski definition) is 1. The van der Waals surface area contributed by atoms with E-state index in [1.165, 1.54) is 19.3 Å². The van der Waals surface area contributed by atoms with E-state index in [0.717, 1.165) is 35.6 Å². The molecule has 0 aliphatic heterocycles. The number of amides is 1. The van der Waals surface area contributed by atoms with Crippen LogP contribution in [0.1, 0.15) is 43.6 Å². The summed E-state index contributed by atoms with van der Waals surface area (Å²) in [6.07, 6.45) is 6.34. The molecule has 1 aliphatic rings. The first kappa shape index (κ1) is 17.5. The minimum Gasteiger partial charge on any atom is -0.497 e. The Bertz CT molecular complexity index is 700. The Morgan fingerprint density at radius 3 is 2.64 bits per heavy atom. The van der Waals surface area contributed by atoms with E-state index in [1.54, 1.807) is 7.11 Å². The van der Waals surface area contributed by atoms with E-state index in [2.05, 4.69) is 10.3 Å². The molecule has 0 radical (unpaired) electrons. The van der Waals surface area contributed by atoms with Gasteiger partial charge in [-0.15, -0.1) is 0 Å². The van der Waals surface area contributed by atoms with Gasteiger partial charge in [0.15, 0.2) is 0 Å². The highest BCUT2D eigenvalue weighted by molar-refractivity contribution is 5.78. The topological polar surface area (TPSA) is 64.4 Å². The highest BCUT2D eigenvalue weighted by atomic mass is 16.5. The summed E-state index contributed by atoms with van der Waals surface area (Å²) in [6, 6.07) is 7.63. The van der Waals surface area contributed by atoms with E-state index >= 15 is 0 Å². The Morgan fingerprint density at radius 2 is 1.96 bits per heavy atom. The molecule has 0 unspecified atom stereocenters. The number of benzene rings is 1. The largest absolute Gasteiger partial charge is 0.497 e. The number of oxazole rings is 1. The van der Waals surface area contributed by atoms with Crippen molar-refractivity contribution in [1.29, 1.82) is 0 Å². The van der Waals surface area contributed by atoms with Crippen LogP contribution in [0.4, 0.5) is 0 Å². The van der Waals surface area contributed by atoms with Crippen molar-refractivity contribution in [2.75, 3.05) is 13.7 Å². The molecule has 1 heterocycles. The molecule has 1 aliphatic carbocycles. The fraction of sp³-hybridized carbons (Fsp3) is 0.500. The lowest BCUT2D eigenvalue weighted by atomic mass is 9.89. The van der Waals surface area contributed by atoms with E-state index in [4.69, 9.17) is 9.15 Å². The smallest absolute Gasteiger partial charge is 0.226 e. The average Bonchev–Trinajstić information content (AvgIpc) is 3.03. The van der Waals surface area contributed by atoms with Crippen molar-refractivity contribution in [1.82, 2.24) is 10.3 Å². The zero-order valence-electron chi connectivity index (χ0n) is 15.0. The van der Waals surface area contributed by atoms with Crippen LogP contribution in [0.5, 0.6) is 5.75 Å². The van der Waals surface area contributed by atoms with Gasteiger partial charge in [0.25, 0.3) is 0 Å². The second kappa shape index (κ2) is 8.19. The number of aryl methyl sites for hydroxylation is 1. The third-order valence-electron chi connectivity index (χ3n) is 4.87. The van der Waals surface area contributed by atoms with E-state index in [0.29, 0.717) is 18.9 Å². The van der Waals surface area contributed by atoms with Crippen LogP contribution in [0.15, 0.2) is 28.7 Å². The number of carbonyl (C=O) groups is 1. The maximum atomic E-state index is 12.2. The summed E-state index contributed by atoms with van der Waals surface area (Å²) >= 11 is 0. The van der Waals surface area contributed by atoms with E-state index in [-0.39, 0.29) is 11.8 Å². The molecule has 1 N–H and O–H groups in total. The zero-order valence-corrected chi connectivity index (χ0v) is 15.0. The molecule has 0 bridgehead atoms. The summed E-state index contributed by atoms with van der Waals surface area (Å²) < 4.78 is 11.0. The predicted octanol–water partition coefficient (Wildman–Crippen LogP) is 3.90. The molecule has 0 saturated heterocycles. The average molecular weight is 342 g/mol. The number of ether oxygens (including phenoxy) is 1. The Morgan fingerprint density at radius 1 is 1.24 bits per heavy atom. The van der Waals surface area contributed by atoms with Gasteiger partial charge < -0.3 is 14.5 Å². The molecule has 1 fully saturated rings. The predicted molar refractivity (Wildman–Crippen MR) is 96.5 cm³/mol. The molecule has 134 valence electrons. The number of aromatic nitrogens is 1. The summed E-state index contributed by atoms with van der Waals surface area (Å²) in [6.45, 7) is 2.52. The molecular formula is C20H26N2O3. The van der Waals surface area contributed by atoms with Crippen molar-refractivity contribution in [3.8, 4) is 17.2 Å². The number of nitrogens with zero attached hydrogens (tertiary/aromatic N) is 1. The lowest BCUT2D eigenvalue weighted by Gasteiger charge is -2.20. The molecule has 3 rings (SSSR count). The number of carbonyl (C=O) groups excluding carboxylic acids is 1. The molecule has 1 aromatic carbocycles. The molecule has 2 aromatic rings. The molecule has 1 amide bonds. The lowest BCUT2D eigenvalue weighted by molar-refractivity contribution is -0.125. The summed E-state index contributed by atoms with van der Waals surface area (Å²) in [5.74, 6) is 2.60. The summed E-state index contributed by atoms with van der Waals surface area (Å²) in [7, 11) is 1.64. The lowest BCUT2D eigenvalue weighted by Crippen LogP contribution is -2.33. The van der Waals surface area contributed by atoms with Crippen LogP contribution in [0.3, 0.4) is 0 Å². The first-order valence-electron chi connectivity index (χ1n) is 9.06. The SMILES string of the molecule is COc1ccc(-c2nc(CCNC(=O)C3CCCCC3)c(C)o2)cc1. The van der Waals surface area contributed by atoms with Gasteiger partial charge in [-0.25, -0.2) is 4.98 Å². The number of rotatable bonds is 6. The van der Waals surface area contributed by atoms with Crippen LogP contribution >= 0.6 is 0 Å². The third-order valence-corrected chi connectivity index (χ3v) is 4.87. The van der Waals surface area contributed by atoms with Gasteiger partial charge >= 0.3 is 0 Å². The van der Waals surface area contributed by atoms with Crippen LogP contribution in [0.2, 0.25) is 0 Å². The minimum absolute atomic E-state index is 0.191. The maximum absolute atomic E-state index is 12.2. The molecular weight excluding hydrogens is 316 g/mol. The molecule has 0 atom stereocenters. The second-order valence-corrected chi connectivity index (χ2v) is 6.63. The van der Waals surface area contributed by atoms with Crippen molar-refractivity contribution in [2.45, 2.75) is 45.4 Å². The molecule has 5 nitrogen and oxygen atoms in total. The van der Waals surface area contributed by atoms with Crippen LogP contribution in [0, 0.1) is 12.8 Å². The van der Waals surface area contributed by atoms with Gasteiger partial charge in [-0.05, 0) is 44.0 Å². The van der Waals surface area contributed by atoms with Gasteiger partial charge in [-0.2, -0.15) is 0 Å². The number of methoxy groups -OCH3 is 1. The number of hydrogen-bond acceptors (Lipinski definition) is 4. The summed E-state index contributed by atoms with van der Waals surface area (Å²) in [5, 5.41) is 3.06. The fourth-order valence-corrected chi connectivity index (χ4v) is 3.33. The van der Waals surface area contributed by atoms with Crippen molar-refractivity contribution < 1.29 is 13.9 Å². The molecule has 1 saturated carbocycles. The summed E-state index contributed by atoms with van der Waals surface area (Å²) in [4.78, 5) is 16.8. The molecule has 0 spiro atoms. The second-order valence-electron chi connectivity index (χ2n) is 6.63. The normalized spacial score (nSPS) is 15.1. The van der Waals surface area contributed by atoms with Gasteiger partial charge in [0.05, 0.1) is 12.8 Å². The Balaban J connectivity index is 1.56. The first-order valence-corrected chi connectivity index (χ1v) is 9.06.